The van der Waals surface area contributed by atoms with Crippen molar-refractivity contribution in [3.63, 3.8) is 0 Å². The number of amides is 1. The molecule has 3 heterocycles. The first-order valence-corrected chi connectivity index (χ1v) is 16.5. The molecule has 0 aliphatic heterocycles. The average Bonchev–Trinajstić information content (AvgIpc) is 3.45. The molecule has 0 spiro atoms. The number of fused-ring (bicyclic) bond motifs is 2. The van der Waals surface area contributed by atoms with E-state index in [1.54, 1.807) is 47.1 Å². The van der Waals surface area contributed by atoms with Gasteiger partial charge in [-0.1, -0.05) is 41.6 Å². The Morgan fingerprint density at radius 2 is 1.88 bits per heavy atom. The second kappa shape index (κ2) is 15.2. The summed E-state index contributed by atoms with van der Waals surface area (Å²) in [4.78, 5) is 43.9. The molecule has 0 bridgehead atoms. The number of halogens is 1. The Morgan fingerprint density at radius 1 is 1.08 bits per heavy atom. The third-order valence-electron chi connectivity index (χ3n) is 8.17. The van der Waals surface area contributed by atoms with Gasteiger partial charge in [0.15, 0.2) is 5.65 Å². The summed E-state index contributed by atoms with van der Waals surface area (Å²) in [6, 6.07) is 17.7. The van der Waals surface area contributed by atoms with Gasteiger partial charge >= 0.3 is 0 Å². The van der Waals surface area contributed by atoms with Gasteiger partial charge in [-0.15, -0.1) is 0 Å². The van der Waals surface area contributed by atoms with Crippen LogP contribution >= 0.6 is 11.6 Å². The Hall–Kier alpha value is -5.77. The molecule has 0 aliphatic rings. The number of carbonyl (C=O) groups excluding carboxylic acids is 1. The highest BCUT2D eigenvalue weighted by molar-refractivity contribution is 6.31. The van der Waals surface area contributed by atoms with E-state index >= 15 is 0 Å². The molecular formula is C37H36ClN9O3. The Kier molecular flexibility index (Phi) is 10.4. The lowest BCUT2D eigenvalue weighted by atomic mass is 10.0. The summed E-state index contributed by atoms with van der Waals surface area (Å²) in [6.07, 6.45) is 3.23. The Labute approximate surface area is 293 Å². The molecule has 0 saturated heterocycles. The minimum absolute atomic E-state index is 0.00492. The summed E-state index contributed by atoms with van der Waals surface area (Å²) in [7, 11) is 3.92. The largest absolute Gasteiger partial charge is 0.508 e. The maximum Gasteiger partial charge on any atom is 0.260 e. The summed E-state index contributed by atoms with van der Waals surface area (Å²) in [5, 5.41) is 19.1. The molecule has 3 aromatic heterocycles. The number of nitrogens with zero attached hydrogens (tertiary/aromatic N) is 6. The van der Waals surface area contributed by atoms with Gasteiger partial charge in [-0.05, 0) is 74.1 Å². The quantitative estimate of drug-likeness (QED) is 0.113. The lowest BCUT2D eigenvalue weighted by Gasteiger charge is -2.12. The van der Waals surface area contributed by atoms with Crippen molar-refractivity contribution in [1.82, 2.24) is 39.9 Å². The number of hydrogen-bond acceptors (Lipinski definition) is 9. The van der Waals surface area contributed by atoms with Gasteiger partial charge in [-0.3, -0.25) is 9.59 Å². The third-order valence-corrected chi connectivity index (χ3v) is 8.53. The molecule has 0 saturated carbocycles. The van der Waals surface area contributed by atoms with Gasteiger partial charge in [-0.2, -0.15) is 5.10 Å². The van der Waals surface area contributed by atoms with Gasteiger partial charge in [0.25, 0.3) is 5.56 Å². The number of unbranched alkanes of at least 4 members (excludes halogenated alkanes) is 1. The zero-order valence-electron chi connectivity index (χ0n) is 27.7. The van der Waals surface area contributed by atoms with E-state index in [9.17, 15) is 14.7 Å². The average molecular weight is 690 g/mol. The van der Waals surface area contributed by atoms with Crippen molar-refractivity contribution in [2.75, 3.05) is 32.9 Å². The van der Waals surface area contributed by atoms with Gasteiger partial charge in [0.1, 0.15) is 29.4 Å². The van der Waals surface area contributed by atoms with Crippen molar-refractivity contribution in [3.8, 4) is 28.8 Å². The molecule has 12 nitrogen and oxygen atoms in total. The van der Waals surface area contributed by atoms with Crippen molar-refractivity contribution >= 4 is 45.3 Å². The van der Waals surface area contributed by atoms with Crippen LogP contribution in [0, 0.1) is 11.8 Å². The monoisotopic (exact) mass is 689 g/mol. The van der Waals surface area contributed by atoms with Crippen LogP contribution in [0.2, 0.25) is 5.02 Å². The summed E-state index contributed by atoms with van der Waals surface area (Å²) < 4.78 is 1.72. The number of phenolic OH excluding ortho intramolecular Hbond substituents is 1. The first-order chi connectivity index (χ1) is 24.2. The van der Waals surface area contributed by atoms with E-state index in [0.717, 1.165) is 23.2 Å². The normalized spacial score (nSPS) is 11.2. The number of rotatable bonds is 11. The number of aromatic nitrogens is 6. The van der Waals surface area contributed by atoms with E-state index in [1.807, 2.05) is 37.2 Å². The highest BCUT2D eigenvalue weighted by Gasteiger charge is 2.20. The van der Waals surface area contributed by atoms with Crippen molar-refractivity contribution in [2.45, 2.75) is 32.2 Å². The fourth-order valence-electron chi connectivity index (χ4n) is 5.67. The van der Waals surface area contributed by atoms with Crippen LogP contribution in [0.3, 0.4) is 0 Å². The highest BCUT2D eigenvalue weighted by atomic mass is 35.5. The molecule has 50 heavy (non-hydrogen) atoms. The molecule has 0 fully saturated rings. The molecule has 0 unspecified atom stereocenters. The summed E-state index contributed by atoms with van der Waals surface area (Å²) >= 11 is 6.78. The van der Waals surface area contributed by atoms with Crippen LogP contribution in [0.1, 0.15) is 41.8 Å². The standard InChI is InChI=1S/C37H36ClN9O3/c1-46(2)19-18-40-31(49)13-5-3-4-8-23-9-7-12-29-32(23)37(50)44-30(43-29)20-25-10-6-11-28(38)27(25)21-47-36-33(35(39)41-22-42-36)34(45-47)24-14-16-26(48)17-15-24/h6-7,9-12,14-17,22,48H,3,5,13,18-21H2,1-2H3,(H,40,49)(H2,39,41,42)(H,43,44,50). The number of nitrogens with two attached hydrogens (primary N) is 1. The molecule has 13 heteroatoms. The fraction of sp³-hybridized carbons (Fsp3) is 0.243. The van der Waals surface area contributed by atoms with Crippen molar-refractivity contribution in [2.24, 2.45) is 0 Å². The topological polar surface area (TPSA) is 168 Å². The molecule has 5 N–H and O–H groups in total. The van der Waals surface area contributed by atoms with Crippen LogP contribution in [0.15, 0.2) is 71.8 Å². The minimum atomic E-state index is -0.289. The van der Waals surface area contributed by atoms with Crippen molar-refractivity contribution < 1.29 is 9.90 Å². The van der Waals surface area contributed by atoms with Crippen LogP contribution in [0.25, 0.3) is 33.2 Å². The predicted molar refractivity (Wildman–Crippen MR) is 195 cm³/mol. The van der Waals surface area contributed by atoms with Crippen LogP contribution < -0.4 is 16.6 Å². The first kappa shape index (κ1) is 34.1. The number of aromatic amines is 1. The zero-order chi connectivity index (χ0) is 35.2. The minimum Gasteiger partial charge on any atom is -0.508 e. The van der Waals surface area contributed by atoms with Gasteiger partial charge in [-0.25, -0.2) is 19.6 Å². The van der Waals surface area contributed by atoms with E-state index in [4.69, 9.17) is 27.4 Å². The molecule has 1 amide bonds. The predicted octanol–water partition coefficient (Wildman–Crippen LogP) is 4.51. The summed E-state index contributed by atoms with van der Waals surface area (Å²) in [5.74, 6) is 7.10. The fourth-order valence-corrected chi connectivity index (χ4v) is 5.92. The lowest BCUT2D eigenvalue weighted by molar-refractivity contribution is -0.121. The van der Waals surface area contributed by atoms with Crippen LogP contribution in [0.5, 0.6) is 5.75 Å². The molecule has 6 aromatic rings. The number of benzene rings is 3. The number of carbonyl (C=O) groups is 1. The first-order valence-electron chi connectivity index (χ1n) is 16.1. The van der Waals surface area contributed by atoms with E-state index in [0.29, 0.717) is 76.3 Å². The SMILES string of the molecule is CN(C)CCNC(=O)CCCC#Cc1cccc2nc(Cc3cccc(Cl)c3Cn3nc(-c4ccc(O)cc4)c4c(N)ncnc43)[nH]c(=O)c12. The van der Waals surface area contributed by atoms with E-state index in [-0.39, 0.29) is 29.6 Å². The summed E-state index contributed by atoms with van der Waals surface area (Å²) in [6.45, 7) is 1.66. The Balaban J connectivity index is 1.23. The molecule has 6 rings (SSSR count). The molecule has 254 valence electrons. The van der Waals surface area contributed by atoms with Crippen molar-refractivity contribution in [3.05, 3.63) is 105 Å². The smallest absolute Gasteiger partial charge is 0.260 e. The maximum absolute atomic E-state index is 13.4. The maximum atomic E-state index is 13.4. The van der Waals surface area contributed by atoms with Gasteiger partial charge in [0, 0.05) is 48.5 Å². The van der Waals surface area contributed by atoms with Crippen LogP contribution in [0.4, 0.5) is 5.82 Å². The number of hydrogen-bond donors (Lipinski definition) is 4. The third kappa shape index (κ3) is 7.75. The van der Waals surface area contributed by atoms with Gasteiger partial charge in [0.2, 0.25) is 5.91 Å². The highest BCUT2D eigenvalue weighted by Crippen LogP contribution is 2.32. The molecule has 0 atom stereocenters. The molecule has 0 radical (unpaired) electrons. The number of nitrogens with one attached hydrogen (secondary N) is 2. The van der Waals surface area contributed by atoms with E-state index in [1.165, 1.54) is 6.33 Å². The Bertz CT molecular complexity index is 2300. The zero-order valence-corrected chi connectivity index (χ0v) is 28.5. The van der Waals surface area contributed by atoms with Crippen molar-refractivity contribution in [1.29, 1.82) is 0 Å². The number of anilines is 1. The molecular weight excluding hydrogens is 654 g/mol. The van der Waals surface area contributed by atoms with Gasteiger partial charge < -0.3 is 26.0 Å². The van der Waals surface area contributed by atoms with Crippen LogP contribution in [-0.2, 0) is 17.8 Å². The second-order valence-electron chi connectivity index (χ2n) is 12.1. The molecule has 3 aromatic carbocycles. The van der Waals surface area contributed by atoms with Gasteiger partial charge in [0.05, 0.1) is 22.8 Å². The molecule has 0 aliphatic carbocycles. The number of likely N-dealkylation sites (N-methyl/N-ethyl adjacent to an activating group) is 1. The lowest BCUT2D eigenvalue weighted by Crippen LogP contribution is -2.31. The van der Waals surface area contributed by atoms with E-state index in [2.05, 4.69) is 32.1 Å². The van der Waals surface area contributed by atoms with E-state index < -0.39 is 0 Å². The number of nitrogen functional groups attached to an aromatic ring is 1. The number of H-pyrrole nitrogens is 1. The Morgan fingerprint density at radius 3 is 2.68 bits per heavy atom. The second-order valence-corrected chi connectivity index (χ2v) is 12.5. The number of phenols is 1. The van der Waals surface area contributed by atoms with Crippen LogP contribution in [-0.4, -0.2) is 72.8 Å². The number of aromatic hydroxyl groups is 1. The summed E-state index contributed by atoms with van der Waals surface area (Å²) in [5.41, 5.74) is 10.6.